The van der Waals surface area contributed by atoms with E-state index in [9.17, 15) is 4.79 Å². The van der Waals surface area contributed by atoms with Gasteiger partial charge in [-0.1, -0.05) is 6.92 Å². The van der Waals surface area contributed by atoms with Crippen LogP contribution in [0, 0.1) is 12.3 Å². The topological polar surface area (TPSA) is 67.2 Å². The van der Waals surface area contributed by atoms with E-state index in [0.717, 1.165) is 31.7 Å². The summed E-state index contributed by atoms with van der Waals surface area (Å²) in [4.78, 5) is 16.2. The van der Waals surface area contributed by atoms with Gasteiger partial charge in [0.15, 0.2) is 0 Å². The first-order chi connectivity index (χ1) is 8.10. The van der Waals surface area contributed by atoms with Crippen LogP contribution in [0.1, 0.15) is 31.4 Å². The molecule has 2 N–H and O–H groups in total. The molecule has 0 spiro atoms. The van der Waals surface area contributed by atoms with E-state index in [2.05, 4.69) is 15.6 Å². The minimum absolute atomic E-state index is 0.0925. The molecule has 1 fully saturated rings. The fourth-order valence-electron chi connectivity index (χ4n) is 2.06. The number of hydrogen-bond donors (Lipinski definition) is 2. The van der Waals surface area contributed by atoms with Crippen LogP contribution in [0.15, 0.2) is 10.6 Å². The lowest BCUT2D eigenvalue weighted by Crippen LogP contribution is -2.45. The molecule has 1 aromatic rings. The molecule has 2 rings (SSSR count). The molecule has 1 aliphatic rings. The Morgan fingerprint density at radius 1 is 1.59 bits per heavy atom. The molecule has 0 aromatic carbocycles. The van der Waals surface area contributed by atoms with Gasteiger partial charge in [-0.05, 0) is 32.9 Å². The summed E-state index contributed by atoms with van der Waals surface area (Å²) in [5.74, 6) is 1.42. The highest BCUT2D eigenvalue weighted by molar-refractivity contribution is 5.82. The normalized spacial score (nSPS) is 18.9. The van der Waals surface area contributed by atoms with E-state index in [4.69, 9.17) is 4.42 Å². The standard InChI is InChI=1S/C12H19N3O2/c1-9-7-14-10(17-9)8-15-11(16)12(2)3-5-13-6-4-12/h7,13H,3-6,8H2,1-2H3,(H,15,16). The third-order valence-corrected chi connectivity index (χ3v) is 3.32. The van der Waals surface area contributed by atoms with Gasteiger partial charge in [0.2, 0.25) is 11.8 Å². The maximum atomic E-state index is 12.1. The van der Waals surface area contributed by atoms with Crippen LogP contribution in [0.25, 0.3) is 0 Å². The summed E-state index contributed by atoms with van der Waals surface area (Å²) in [5.41, 5.74) is -0.257. The first-order valence-electron chi connectivity index (χ1n) is 6.00. The Labute approximate surface area is 101 Å². The van der Waals surface area contributed by atoms with E-state index in [1.807, 2.05) is 13.8 Å². The van der Waals surface area contributed by atoms with Crippen molar-refractivity contribution in [3.8, 4) is 0 Å². The minimum Gasteiger partial charge on any atom is -0.444 e. The smallest absolute Gasteiger partial charge is 0.226 e. The summed E-state index contributed by atoms with van der Waals surface area (Å²) in [5, 5.41) is 6.16. The number of rotatable bonds is 3. The van der Waals surface area contributed by atoms with Gasteiger partial charge in [-0.15, -0.1) is 0 Å². The molecule has 5 heteroatoms. The zero-order valence-electron chi connectivity index (χ0n) is 10.4. The Morgan fingerprint density at radius 2 is 2.29 bits per heavy atom. The van der Waals surface area contributed by atoms with Gasteiger partial charge in [-0.2, -0.15) is 0 Å². The summed E-state index contributed by atoms with van der Waals surface area (Å²) in [6, 6.07) is 0. The molecular formula is C12H19N3O2. The van der Waals surface area contributed by atoms with Crippen molar-refractivity contribution in [2.45, 2.75) is 33.2 Å². The average molecular weight is 237 g/mol. The molecule has 0 radical (unpaired) electrons. The Morgan fingerprint density at radius 3 is 2.88 bits per heavy atom. The fourth-order valence-corrected chi connectivity index (χ4v) is 2.06. The van der Waals surface area contributed by atoms with Crippen LogP contribution in [0.2, 0.25) is 0 Å². The highest BCUT2D eigenvalue weighted by Gasteiger charge is 2.34. The minimum atomic E-state index is -0.257. The van der Waals surface area contributed by atoms with Gasteiger partial charge in [-0.3, -0.25) is 4.79 Å². The highest BCUT2D eigenvalue weighted by Crippen LogP contribution is 2.27. The van der Waals surface area contributed by atoms with Crippen LogP contribution >= 0.6 is 0 Å². The second kappa shape index (κ2) is 4.87. The van der Waals surface area contributed by atoms with Crippen molar-refractivity contribution in [3.05, 3.63) is 17.8 Å². The summed E-state index contributed by atoms with van der Waals surface area (Å²) in [6.07, 6.45) is 3.42. The summed E-state index contributed by atoms with van der Waals surface area (Å²) in [7, 11) is 0. The molecule has 1 aromatic heterocycles. The molecule has 0 atom stereocenters. The predicted molar refractivity (Wildman–Crippen MR) is 63.3 cm³/mol. The van der Waals surface area contributed by atoms with Crippen molar-refractivity contribution in [1.82, 2.24) is 15.6 Å². The molecule has 0 saturated carbocycles. The molecule has 1 aliphatic heterocycles. The molecule has 5 nitrogen and oxygen atoms in total. The van der Waals surface area contributed by atoms with E-state index in [-0.39, 0.29) is 11.3 Å². The third kappa shape index (κ3) is 2.85. The zero-order chi connectivity index (χ0) is 12.3. The summed E-state index contributed by atoms with van der Waals surface area (Å²) >= 11 is 0. The largest absolute Gasteiger partial charge is 0.444 e. The van der Waals surface area contributed by atoms with E-state index >= 15 is 0 Å². The quantitative estimate of drug-likeness (QED) is 0.822. The number of oxazole rings is 1. The number of nitrogens with zero attached hydrogens (tertiary/aromatic N) is 1. The Bertz CT molecular complexity index is 394. The van der Waals surface area contributed by atoms with E-state index in [1.165, 1.54) is 0 Å². The number of aromatic nitrogens is 1. The lowest BCUT2D eigenvalue weighted by molar-refractivity contribution is -0.131. The maximum Gasteiger partial charge on any atom is 0.226 e. The fraction of sp³-hybridized carbons (Fsp3) is 0.667. The van der Waals surface area contributed by atoms with E-state index in [1.54, 1.807) is 6.20 Å². The first-order valence-corrected chi connectivity index (χ1v) is 6.00. The van der Waals surface area contributed by atoms with Crippen molar-refractivity contribution in [2.24, 2.45) is 5.41 Å². The van der Waals surface area contributed by atoms with Crippen LogP contribution in [0.5, 0.6) is 0 Å². The molecule has 0 aliphatic carbocycles. The van der Waals surface area contributed by atoms with Gasteiger partial charge < -0.3 is 15.1 Å². The molecule has 94 valence electrons. The van der Waals surface area contributed by atoms with Gasteiger partial charge >= 0.3 is 0 Å². The Balaban J connectivity index is 1.88. The lowest BCUT2D eigenvalue weighted by Gasteiger charge is -2.32. The molecule has 2 heterocycles. The van der Waals surface area contributed by atoms with E-state index in [0.29, 0.717) is 12.4 Å². The van der Waals surface area contributed by atoms with Crippen LogP contribution < -0.4 is 10.6 Å². The van der Waals surface area contributed by atoms with Crippen LogP contribution in [0.3, 0.4) is 0 Å². The predicted octanol–water partition coefficient (Wildman–Crippen LogP) is 0.989. The van der Waals surface area contributed by atoms with Crippen LogP contribution in [-0.4, -0.2) is 24.0 Å². The summed E-state index contributed by atoms with van der Waals surface area (Å²) in [6.45, 7) is 6.04. The average Bonchev–Trinajstić information content (AvgIpc) is 2.73. The van der Waals surface area contributed by atoms with Gasteiger partial charge in [0.25, 0.3) is 0 Å². The number of amides is 1. The SMILES string of the molecule is Cc1cnc(CNC(=O)C2(C)CCNCC2)o1. The van der Waals surface area contributed by atoms with Crippen molar-refractivity contribution in [3.63, 3.8) is 0 Å². The van der Waals surface area contributed by atoms with Crippen LogP contribution in [-0.2, 0) is 11.3 Å². The van der Waals surface area contributed by atoms with Crippen molar-refractivity contribution >= 4 is 5.91 Å². The molecule has 0 bridgehead atoms. The first kappa shape index (κ1) is 12.1. The second-order valence-electron chi connectivity index (χ2n) is 4.86. The number of carbonyl (C=O) groups is 1. The van der Waals surface area contributed by atoms with Crippen molar-refractivity contribution in [2.75, 3.05) is 13.1 Å². The van der Waals surface area contributed by atoms with Crippen molar-refractivity contribution < 1.29 is 9.21 Å². The highest BCUT2D eigenvalue weighted by atomic mass is 16.4. The van der Waals surface area contributed by atoms with Crippen LogP contribution in [0.4, 0.5) is 0 Å². The maximum absolute atomic E-state index is 12.1. The van der Waals surface area contributed by atoms with Gasteiger partial charge in [0.1, 0.15) is 5.76 Å². The zero-order valence-corrected chi connectivity index (χ0v) is 10.4. The molecule has 0 unspecified atom stereocenters. The third-order valence-electron chi connectivity index (χ3n) is 3.32. The molecule has 1 amide bonds. The van der Waals surface area contributed by atoms with Crippen molar-refractivity contribution in [1.29, 1.82) is 0 Å². The number of nitrogens with one attached hydrogen (secondary N) is 2. The number of carbonyl (C=O) groups excluding carboxylic acids is 1. The van der Waals surface area contributed by atoms with Gasteiger partial charge in [0, 0.05) is 5.41 Å². The Kier molecular flexibility index (Phi) is 3.47. The molecule has 1 saturated heterocycles. The van der Waals surface area contributed by atoms with Gasteiger partial charge in [0.05, 0.1) is 12.7 Å². The Hall–Kier alpha value is -1.36. The van der Waals surface area contributed by atoms with Gasteiger partial charge in [-0.25, -0.2) is 4.98 Å². The van der Waals surface area contributed by atoms with E-state index < -0.39 is 0 Å². The second-order valence-corrected chi connectivity index (χ2v) is 4.86. The molecular weight excluding hydrogens is 218 g/mol. The number of piperidine rings is 1. The lowest BCUT2D eigenvalue weighted by atomic mass is 9.80. The monoisotopic (exact) mass is 237 g/mol. The number of aryl methyl sites for hydroxylation is 1. The molecule has 17 heavy (non-hydrogen) atoms. The number of hydrogen-bond acceptors (Lipinski definition) is 4. The summed E-state index contributed by atoms with van der Waals surface area (Å²) < 4.78 is 5.32.